The van der Waals surface area contributed by atoms with Gasteiger partial charge in [0.05, 0.1) is 11.6 Å². The maximum absolute atomic E-state index is 8.76. The Hall–Kier alpha value is -1.02. The number of nitrogens with one attached hydrogen (secondary N) is 2. The molecular formula is C12H17N3S. The Kier molecular flexibility index (Phi) is 5.94. The third kappa shape index (κ3) is 4.23. The Morgan fingerprint density at radius 1 is 1.50 bits per heavy atom. The van der Waals surface area contributed by atoms with Crippen LogP contribution in [0.4, 0.5) is 0 Å². The fraction of sp³-hybridized carbons (Fsp3) is 0.417. The molecule has 0 saturated heterocycles. The molecule has 86 valence electrons. The van der Waals surface area contributed by atoms with Gasteiger partial charge in [-0.3, -0.25) is 4.72 Å². The molecule has 1 rings (SSSR count). The molecule has 0 aliphatic carbocycles. The number of benzene rings is 1. The lowest BCUT2D eigenvalue weighted by Crippen LogP contribution is -2.33. The van der Waals surface area contributed by atoms with Crippen molar-refractivity contribution < 1.29 is 0 Å². The molecule has 0 fully saturated rings. The van der Waals surface area contributed by atoms with Crippen molar-refractivity contribution in [3.63, 3.8) is 0 Å². The summed E-state index contributed by atoms with van der Waals surface area (Å²) in [5.41, 5.74) is 0.701. The monoisotopic (exact) mass is 235 g/mol. The van der Waals surface area contributed by atoms with Gasteiger partial charge in [-0.25, -0.2) is 0 Å². The van der Waals surface area contributed by atoms with Crippen LogP contribution in [0.15, 0.2) is 29.2 Å². The van der Waals surface area contributed by atoms with Crippen molar-refractivity contribution in [3.05, 3.63) is 29.8 Å². The van der Waals surface area contributed by atoms with Crippen LogP contribution in [0.5, 0.6) is 0 Å². The summed E-state index contributed by atoms with van der Waals surface area (Å²) < 4.78 is 3.30. The molecule has 1 atom stereocenters. The minimum absolute atomic E-state index is 0.492. The Morgan fingerprint density at radius 3 is 2.94 bits per heavy atom. The minimum atomic E-state index is 0.492. The van der Waals surface area contributed by atoms with Crippen molar-refractivity contribution in [2.45, 2.75) is 24.3 Å². The predicted molar refractivity (Wildman–Crippen MR) is 68.2 cm³/mol. The summed E-state index contributed by atoms with van der Waals surface area (Å²) in [6, 6.07) is 10.2. The van der Waals surface area contributed by atoms with Crippen LogP contribution in [0.3, 0.4) is 0 Å². The van der Waals surface area contributed by atoms with Gasteiger partial charge in [0.25, 0.3) is 0 Å². The van der Waals surface area contributed by atoms with Crippen LogP contribution in [-0.4, -0.2) is 19.6 Å². The number of nitrogens with zero attached hydrogens (tertiary/aromatic N) is 1. The van der Waals surface area contributed by atoms with Gasteiger partial charge in [-0.1, -0.05) is 13.0 Å². The van der Waals surface area contributed by atoms with Gasteiger partial charge in [-0.05, 0) is 43.6 Å². The van der Waals surface area contributed by atoms with Crippen LogP contribution in [-0.2, 0) is 0 Å². The lowest BCUT2D eigenvalue weighted by atomic mass is 10.2. The third-order valence-corrected chi connectivity index (χ3v) is 3.18. The number of likely N-dealkylation sites (N-methyl/N-ethyl adjacent to an activating group) is 1. The van der Waals surface area contributed by atoms with Gasteiger partial charge in [0, 0.05) is 17.5 Å². The molecule has 0 aliphatic heterocycles. The van der Waals surface area contributed by atoms with Crippen LogP contribution < -0.4 is 10.0 Å². The molecule has 0 aromatic heterocycles. The highest BCUT2D eigenvalue weighted by Crippen LogP contribution is 2.15. The number of hydrogen-bond donors (Lipinski definition) is 2. The van der Waals surface area contributed by atoms with Gasteiger partial charge in [-0.15, -0.1) is 0 Å². The minimum Gasteiger partial charge on any atom is -0.316 e. The number of hydrogen-bond acceptors (Lipinski definition) is 4. The highest BCUT2D eigenvalue weighted by atomic mass is 32.2. The van der Waals surface area contributed by atoms with Crippen molar-refractivity contribution in [2.75, 3.05) is 13.6 Å². The molecule has 0 spiro atoms. The number of rotatable bonds is 6. The van der Waals surface area contributed by atoms with E-state index >= 15 is 0 Å². The summed E-state index contributed by atoms with van der Waals surface area (Å²) in [5, 5.41) is 12.0. The van der Waals surface area contributed by atoms with Crippen LogP contribution in [0.2, 0.25) is 0 Å². The predicted octanol–water partition coefficient (Wildman–Crippen LogP) is 2.15. The van der Waals surface area contributed by atoms with E-state index in [2.05, 4.69) is 23.0 Å². The zero-order chi connectivity index (χ0) is 11.8. The van der Waals surface area contributed by atoms with E-state index in [0.717, 1.165) is 17.9 Å². The molecule has 2 N–H and O–H groups in total. The van der Waals surface area contributed by atoms with Gasteiger partial charge in [-0.2, -0.15) is 5.26 Å². The molecule has 0 unspecified atom stereocenters. The molecule has 0 radical (unpaired) electrons. The maximum atomic E-state index is 8.76. The summed E-state index contributed by atoms with van der Waals surface area (Å²) in [4.78, 5) is 1.07. The second kappa shape index (κ2) is 7.29. The van der Waals surface area contributed by atoms with Gasteiger partial charge in [0.2, 0.25) is 0 Å². The first-order chi connectivity index (χ1) is 7.80. The van der Waals surface area contributed by atoms with Crippen molar-refractivity contribution in [3.8, 4) is 6.07 Å². The molecule has 0 amide bonds. The van der Waals surface area contributed by atoms with Crippen LogP contribution in [0.1, 0.15) is 18.9 Å². The zero-order valence-electron chi connectivity index (χ0n) is 9.66. The molecule has 1 aromatic rings. The quantitative estimate of drug-likeness (QED) is 0.742. The topological polar surface area (TPSA) is 47.9 Å². The molecule has 16 heavy (non-hydrogen) atoms. The first-order valence-electron chi connectivity index (χ1n) is 5.37. The van der Waals surface area contributed by atoms with Crippen molar-refractivity contribution in [1.82, 2.24) is 10.0 Å². The second-order valence-corrected chi connectivity index (χ2v) is 4.45. The van der Waals surface area contributed by atoms with E-state index in [-0.39, 0.29) is 0 Å². The van der Waals surface area contributed by atoms with Gasteiger partial charge in [0.1, 0.15) is 0 Å². The normalized spacial score (nSPS) is 12.1. The van der Waals surface area contributed by atoms with Crippen LogP contribution in [0, 0.1) is 11.3 Å². The highest BCUT2D eigenvalue weighted by molar-refractivity contribution is 7.97. The Morgan fingerprint density at radius 2 is 2.31 bits per heavy atom. The molecule has 0 aliphatic rings. The van der Waals surface area contributed by atoms with Crippen molar-refractivity contribution >= 4 is 11.9 Å². The number of nitriles is 1. The molecular weight excluding hydrogens is 218 g/mol. The highest BCUT2D eigenvalue weighted by Gasteiger charge is 2.02. The first kappa shape index (κ1) is 13.0. The fourth-order valence-corrected chi connectivity index (χ4v) is 2.09. The van der Waals surface area contributed by atoms with Crippen LogP contribution >= 0.6 is 11.9 Å². The van der Waals surface area contributed by atoms with Gasteiger partial charge >= 0.3 is 0 Å². The summed E-state index contributed by atoms with van der Waals surface area (Å²) in [7, 11) is 1.97. The van der Waals surface area contributed by atoms with E-state index in [1.54, 1.807) is 11.9 Å². The summed E-state index contributed by atoms with van der Waals surface area (Å²) in [5.74, 6) is 0. The molecule has 4 heteroatoms. The maximum Gasteiger partial charge on any atom is 0.0992 e. The fourth-order valence-electron chi connectivity index (χ4n) is 1.31. The van der Waals surface area contributed by atoms with Gasteiger partial charge in [0.15, 0.2) is 0 Å². The van der Waals surface area contributed by atoms with Gasteiger partial charge < -0.3 is 5.32 Å². The Labute approximate surface area is 101 Å². The summed E-state index contributed by atoms with van der Waals surface area (Å²) in [6.07, 6.45) is 1.10. The van der Waals surface area contributed by atoms with E-state index in [0.29, 0.717) is 11.6 Å². The second-order valence-electron chi connectivity index (χ2n) is 3.48. The van der Waals surface area contributed by atoms with E-state index in [4.69, 9.17) is 5.26 Å². The van der Waals surface area contributed by atoms with Crippen molar-refractivity contribution in [1.29, 1.82) is 5.26 Å². The SMILES string of the molecule is CC[C@@H](CNSc1cccc(C#N)c1)NC. The lowest BCUT2D eigenvalue weighted by Gasteiger charge is -2.13. The smallest absolute Gasteiger partial charge is 0.0992 e. The lowest BCUT2D eigenvalue weighted by molar-refractivity contribution is 0.543. The van der Waals surface area contributed by atoms with E-state index < -0.39 is 0 Å². The van der Waals surface area contributed by atoms with E-state index in [1.807, 2.05) is 31.3 Å². The van der Waals surface area contributed by atoms with Crippen molar-refractivity contribution in [2.24, 2.45) is 0 Å². The molecule has 3 nitrogen and oxygen atoms in total. The van der Waals surface area contributed by atoms with E-state index in [9.17, 15) is 0 Å². The Bertz CT molecular complexity index is 356. The third-order valence-electron chi connectivity index (χ3n) is 2.38. The average Bonchev–Trinajstić information content (AvgIpc) is 2.35. The molecule has 1 aromatic carbocycles. The molecule has 0 saturated carbocycles. The standard InChI is InChI=1S/C12H17N3S/c1-3-11(14-2)9-15-16-12-6-4-5-10(7-12)8-13/h4-7,11,14-15H,3,9H2,1-2H3/t11-/m0/s1. The molecule has 0 bridgehead atoms. The first-order valence-corrected chi connectivity index (χ1v) is 6.19. The molecule has 0 heterocycles. The largest absolute Gasteiger partial charge is 0.316 e. The summed E-state index contributed by atoms with van der Waals surface area (Å²) in [6.45, 7) is 3.07. The van der Waals surface area contributed by atoms with Crippen LogP contribution in [0.25, 0.3) is 0 Å². The van der Waals surface area contributed by atoms with E-state index in [1.165, 1.54) is 0 Å². The summed E-state index contributed by atoms with van der Waals surface area (Å²) >= 11 is 1.57. The average molecular weight is 235 g/mol. The zero-order valence-corrected chi connectivity index (χ0v) is 10.5. The Balaban J connectivity index is 2.40.